The Hall–Kier alpha value is -1.71. The second kappa shape index (κ2) is 5.35. The molecule has 1 aliphatic carbocycles. The van der Waals surface area contributed by atoms with Gasteiger partial charge in [0, 0.05) is 19.3 Å². The van der Waals surface area contributed by atoms with Gasteiger partial charge in [-0.15, -0.1) is 0 Å². The maximum atomic E-state index is 10.8. The van der Waals surface area contributed by atoms with E-state index < -0.39 is 5.60 Å². The smallest absolute Gasteiger partial charge is 0.103 e. The van der Waals surface area contributed by atoms with E-state index in [1.165, 1.54) is 5.56 Å². The summed E-state index contributed by atoms with van der Waals surface area (Å²) in [6, 6.07) is 12.3. The van der Waals surface area contributed by atoms with Crippen molar-refractivity contribution in [3.8, 4) is 0 Å². The zero-order valence-electron chi connectivity index (χ0n) is 11.8. The van der Waals surface area contributed by atoms with Crippen molar-refractivity contribution in [3.05, 3.63) is 65.0 Å². The molecular formula is C17H20N2O. The molecule has 0 saturated heterocycles. The minimum atomic E-state index is -0.735. The standard InChI is InChI=1S/C17H20N2O/c1-13-6-7-15(19-10-13)11-18-12-17(20)9-8-14-4-2-3-5-16(14)17/h2-7,10,18,20H,8-9,11-12H2,1H3. The molecule has 1 aromatic heterocycles. The van der Waals surface area contributed by atoms with Gasteiger partial charge >= 0.3 is 0 Å². The van der Waals surface area contributed by atoms with E-state index in [0.29, 0.717) is 13.1 Å². The van der Waals surface area contributed by atoms with Gasteiger partial charge in [0.1, 0.15) is 5.60 Å². The van der Waals surface area contributed by atoms with Crippen molar-refractivity contribution in [1.82, 2.24) is 10.3 Å². The summed E-state index contributed by atoms with van der Waals surface area (Å²) in [4.78, 5) is 4.37. The van der Waals surface area contributed by atoms with Crippen LogP contribution < -0.4 is 5.32 Å². The van der Waals surface area contributed by atoms with E-state index in [4.69, 9.17) is 0 Å². The molecule has 2 aromatic rings. The van der Waals surface area contributed by atoms with Crippen LogP contribution >= 0.6 is 0 Å². The number of nitrogens with zero attached hydrogens (tertiary/aromatic N) is 1. The quantitative estimate of drug-likeness (QED) is 0.894. The largest absolute Gasteiger partial charge is 0.384 e. The molecule has 3 rings (SSSR count). The van der Waals surface area contributed by atoms with Crippen LogP contribution in [0.25, 0.3) is 0 Å². The van der Waals surface area contributed by atoms with Gasteiger partial charge in [0.15, 0.2) is 0 Å². The second-order valence-electron chi connectivity index (χ2n) is 5.62. The van der Waals surface area contributed by atoms with Gasteiger partial charge in [0.25, 0.3) is 0 Å². The van der Waals surface area contributed by atoms with E-state index in [1.807, 2.05) is 37.4 Å². The first-order valence-corrected chi connectivity index (χ1v) is 7.10. The van der Waals surface area contributed by atoms with Crippen molar-refractivity contribution in [2.45, 2.75) is 31.9 Å². The lowest BCUT2D eigenvalue weighted by Crippen LogP contribution is -2.36. The van der Waals surface area contributed by atoms with E-state index in [0.717, 1.165) is 29.7 Å². The molecule has 0 fully saturated rings. The molecule has 1 aliphatic rings. The monoisotopic (exact) mass is 268 g/mol. The molecule has 20 heavy (non-hydrogen) atoms. The van der Waals surface area contributed by atoms with Crippen LogP contribution in [0.2, 0.25) is 0 Å². The van der Waals surface area contributed by atoms with E-state index >= 15 is 0 Å². The Bertz CT molecular complexity index is 594. The average Bonchev–Trinajstić information content (AvgIpc) is 2.80. The number of hydrogen-bond acceptors (Lipinski definition) is 3. The zero-order valence-corrected chi connectivity index (χ0v) is 11.8. The molecule has 1 heterocycles. The zero-order chi connectivity index (χ0) is 14.0. The molecule has 104 valence electrons. The van der Waals surface area contributed by atoms with E-state index in [1.54, 1.807) is 0 Å². The molecule has 0 saturated carbocycles. The molecule has 3 nitrogen and oxygen atoms in total. The highest BCUT2D eigenvalue weighted by atomic mass is 16.3. The Morgan fingerprint density at radius 2 is 2.10 bits per heavy atom. The number of aromatic nitrogens is 1. The minimum absolute atomic E-state index is 0.569. The topological polar surface area (TPSA) is 45.1 Å². The van der Waals surface area contributed by atoms with E-state index in [-0.39, 0.29) is 0 Å². The summed E-state index contributed by atoms with van der Waals surface area (Å²) in [7, 11) is 0. The van der Waals surface area contributed by atoms with Crippen molar-refractivity contribution in [1.29, 1.82) is 0 Å². The molecular weight excluding hydrogens is 248 g/mol. The minimum Gasteiger partial charge on any atom is -0.384 e. The number of hydrogen-bond donors (Lipinski definition) is 2. The highest BCUT2D eigenvalue weighted by molar-refractivity contribution is 5.37. The van der Waals surface area contributed by atoms with Gasteiger partial charge in [-0.25, -0.2) is 0 Å². The van der Waals surface area contributed by atoms with E-state index in [2.05, 4.69) is 22.4 Å². The fourth-order valence-electron chi connectivity index (χ4n) is 2.85. The van der Waals surface area contributed by atoms with Gasteiger partial charge in [-0.3, -0.25) is 4.98 Å². The van der Waals surface area contributed by atoms with Crippen LogP contribution in [0.5, 0.6) is 0 Å². The molecule has 1 unspecified atom stereocenters. The first kappa shape index (κ1) is 13.3. The summed E-state index contributed by atoms with van der Waals surface area (Å²) in [5.41, 5.74) is 3.78. The summed E-state index contributed by atoms with van der Waals surface area (Å²) in [6.45, 7) is 3.28. The van der Waals surface area contributed by atoms with Crippen LogP contribution in [0.3, 0.4) is 0 Å². The number of benzene rings is 1. The third-order valence-electron chi connectivity index (χ3n) is 4.02. The van der Waals surface area contributed by atoms with Gasteiger partial charge in [-0.1, -0.05) is 30.3 Å². The number of rotatable bonds is 4. The molecule has 0 aliphatic heterocycles. The van der Waals surface area contributed by atoms with Crippen LogP contribution in [0.4, 0.5) is 0 Å². The predicted octanol–water partition coefficient (Wildman–Crippen LogP) is 2.31. The van der Waals surface area contributed by atoms with Crippen molar-refractivity contribution >= 4 is 0 Å². The lowest BCUT2D eigenvalue weighted by atomic mass is 9.96. The molecule has 1 atom stereocenters. The fourth-order valence-corrected chi connectivity index (χ4v) is 2.85. The van der Waals surface area contributed by atoms with Gasteiger partial charge in [-0.05, 0) is 42.5 Å². The first-order chi connectivity index (χ1) is 9.67. The normalized spacial score (nSPS) is 20.9. The highest BCUT2D eigenvalue weighted by Crippen LogP contribution is 2.36. The van der Waals surface area contributed by atoms with Gasteiger partial charge in [0.2, 0.25) is 0 Å². The average molecular weight is 268 g/mol. The van der Waals surface area contributed by atoms with Crippen molar-refractivity contribution in [3.63, 3.8) is 0 Å². The molecule has 0 radical (unpaired) electrons. The summed E-state index contributed by atoms with van der Waals surface area (Å²) in [6.07, 6.45) is 3.62. The number of aliphatic hydroxyl groups is 1. The van der Waals surface area contributed by atoms with Crippen molar-refractivity contribution < 1.29 is 5.11 Å². The first-order valence-electron chi connectivity index (χ1n) is 7.10. The van der Waals surface area contributed by atoms with Gasteiger partial charge in [-0.2, -0.15) is 0 Å². The van der Waals surface area contributed by atoms with Crippen LogP contribution in [-0.4, -0.2) is 16.6 Å². The number of nitrogens with one attached hydrogen (secondary N) is 1. The second-order valence-corrected chi connectivity index (χ2v) is 5.62. The fraction of sp³-hybridized carbons (Fsp3) is 0.353. The van der Waals surface area contributed by atoms with E-state index in [9.17, 15) is 5.11 Å². The Kier molecular flexibility index (Phi) is 3.55. The summed E-state index contributed by atoms with van der Waals surface area (Å²) < 4.78 is 0. The highest BCUT2D eigenvalue weighted by Gasteiger charge is 2.35. The summed E-state index contributed by atoms with van der Waals surface area (Å²) in [5.74, 6) is 0. The molecule has 0 bridgehead atoms. The lowest BCUT2D eigenvalue weighted by Gasteiger charge is -2.24. The number of fused-ring (bicyclic) bond motifs is 1. The van der Waals surface area contributed by atoms with Crippen molar-refractivity contribution in [2.75, 3.05) is 6.54 Å². The molecule has 0 spiro atoms. The third-order valence-corrected chi connectivity index (χ3v) is 4.02. The Morgan fingerprint density at radius 3 is 2.90 bits per heavy atom. The SMILES string of the molecule is Cc1ccc(CNCC2(O)CCc3ccccc32)nc1. The maximum absolute atomic E-state index is 10.8. The van der Waals surface area contributed by atoms with Crippen LogP contribution in [0.15, 0.2) is 42.6 Å². The Balaban J connectivity index is 1.63. The Labute approximate surface area is 119 Å². The van der Waals surface area contributed by atoms with Gasteiger partial charge in [0.05, 0.1) is 5.69 Å². The van der Waals surface area contributed by atoms with Gasteiger partial charge < -0.3 is 10.4 Å². The molecule has 1 aromatic carbocycles. The summed E-state index contributed by atoms with van der Waals surface area (Å²) in [5, 5.41) is 14.1. The number of pyridine rings is 1. The molecule has 2 N–H and O–H groups in total. The Morgan fingerprint density at radius 1 is 1.25 bits per heavy atom. The summed E-state index contributed by atoms with van der Waals surface area (Å²) >= 11 is 0. The van der Waals surface area contributed by atoms with Crippen molar-refractivity contribution in [2.24, 2.45) is 0 Å². The maximum Gasteiger partial charge on any atom is 0.103 e. The van der Waals surface area contributed by atoms with Crippen LogP contribution in [-0.2, 0) is 18.6 Å². The third kappa shape index (κ3) is 2.60. The number of aryl methyl sites for hydroxylation is 2. The van der Waals surface area contributed by atoms with Crippen LogP contribution in [0, 0.1) is 6.92 Å². The predicted molar refractivity (Wildman–Crippen MR) is 79.3 cm³/mol. The lowest BCUT2D eigenvalue weighted by molar-refractivity contribution is 0.0384. The molecule has 0 amide bonds. The van der Waals surface area contributed by atoms with Crippen LogP contribution in [0.1, 0.15) is 28.8 Å². The molecule has 3 heteroatoms.